The highest BCUT2D eigenvalue weighted by atomic mass is 16.5. The lowest BCUT2D eigenvalue weighted by Gasteiger charge is -2.24. The first-order chi connectivity index (χ1) is 13.5. The number of nitrogens with zero attached hydrogens (tertiary/aromatic N) is 2. The predicted octanol–water partition coefficient (Wildman–Crippen LogP) is 2.60. The van der Waals surface area contributed by atoms with E-state index in [1.54, 1.807) is 17.9 Å². The number of hydrogen-bond donors (Lipinski definition) is 1. The Morgan fingerprint density at radius 2 is 1.96 bits per heavy atom. The van der Waals surface area contributed by atoms with Crippen LogP contribution in [0.2, 0.25) is 0 Å². The van der Waals surface area contributed by atoms with Gasteiger partial charge in [-0.25, -0.2) is 9.69 Å². The first-order valence-electron chi connectivity index (χ1n) is 9.48. The van der Waals surface area contributed by atoms with Crippen molar-refractivity contribution in [2.75, 3.05) is 0 Å². The zero-order valence-electron chi connectivity index (χ0n) is 15.4. The number of imide groups is 1. The molecule has 3 amide bonds. The average Bonchev–Trinajstić information content (AvgIpc) is 3.29. The normalized spacial score (nSPS) is 30.0. The van der Waals surface area contributed by atoms with Gasteiger partial charge in [0.2, 0.25) is 0 Å². The number of rotatable bonds is 3. The zero-order valence-corrected chi connectivity index (χ0v) is 15.4. The minimum absolute atomic E-state index is 0.0399. The minimum Gasteiger partial charge on any atom is -0.474 e. The topological polar surface area (TPSA) is 87.2 Å². The molecule has 7 nitrogen and oxygen atoms in total. The van der Waals surface area contributed by atoms with Crippen molar-refractivity contribution in [3.8, 4) is 0 Å². The molecule has 0 bridgehead atoms. The van der Waals surface area contributed by atoms with E-state index in [0.29, 0.717) is 17.6 Å². The highest BCUT2D eigenvalue weighted by Crippen LogP contribution is 2.49. The summed E-state index contributed by atoms with van der Waals surface area (Å²) in [5.41, 5.74) is 2.91. The third kappa shape index (κ3) is 2.38. The van der Waals surface area contributed by atoms with Crippen molar-refractivity contribution in [2.24, 2.45) is 5.92 Å². The summed E-state index contributed by atoms with van der Waals surface area (Å²) in [5, 5.41) is 9.62. The van der Waals surface area contributed by atoms with Gasteiger partial charge in [0.25, 0.3) is 11.8 Å². The molecule has 3 atom stereocenters. The summed E-state index contributed by atoms with van der Waals surface area (Å²) in [7, 11) is 0. The molecule has 1 aromatic carbocycles. The maximum Gasteiger partial charge on any atom is 0.414 e. The predicted molar refractivity (Wildman–Crippen MR) is 97.8 cm³/mol. The van der Waals surface area contributed by atoms with Gasteiger partial charge in [0.1, 0.15) is 0 Å². The third-order valence-electron chi connectivity index (χ3n) is 6.06. The van der Waals surface area contributed by atoms with E-state index in [1.807, 2.05) is 24.3 Å². The molecule has 2 aliphatic heterocycles. The van der Waals surface area contributed by atoms with Crippen LogP contribution in [0.15, 0.2) is 47.7 Å². The Bertz CT molecular complexity index is 961. The molecule has 1 saturated carbocycles. The molecule has 0 radical (unpaired) electrons. The van der Waals surface area contributed by atoms with Gasteiger partial charge < -0.3 is 9.84 Å². The number of fused-ring (bicyclic) bond motifs is 3. The summed E-state index contributed by atoms with van der Waals surface area (Å²) in [4.78, 5) is 39.6. The van der Waals surface area contributed by atoms with Gasteiger partial charge >= 0.3 is 6.09 Å². The van der Waals surface area contributed by atoms with Gasteiger partial charge in [-0.3, -0.25) is 14.5 Å². The third-order valence-corrected chi connectivity index (χ3v) is 6.06. The second-order valence-electron chi connectivity index (χ2n) is 7.81. The van der Waals surface area contributed by atoms with Gasteiger partial charge in [0.05, 0.1) is 17.9 Å². The van der Waals surface area contributed by atoms with E-state index in [2.05, 4.69) is 0 Å². The van der Waals surface area contributed by atoms with Crippen LogP contribution >= 0.6 is 0 Å². The fourth-order valence-electron chi connectivity index (χ4n) is 4.60. The monoisotopic (exact) mass is 380 g/mol. The first kappa shape index (κ1) is 17.0. The molecule has 0 spiro atoms. The van der Waals surface area contributed by atoms with Crippen molar-refractivity contribution in [1.29, 1.82) is 0 Å². The van der Waals surface area contributed by atoms with Gasteiger partial charge in [-0.1, -0.05) is 24.3 Å². The molecule has 1 aromatic rings. The lowest BCUT2D eigenvalue weighted by molar-refractivity contribution is -0.132. The molecule has 5 rings (SSSR count). The Labute approximate surface area is 161 Å². The molecule has 28 heavy (non-hydrogen) atoms. The highest BCUT2D eigenvalue weighted by Gasteiger charge is 2.52. The summed E-state index contributed by atoms with van der Waals surface area (Å²) >= 11 is 0. The first-order valence-corrected chi connectivity index (χ1v) is 9.48. The maximum atomic E-state index is 12.8. The molecule has 2 fully saturated rings. The van der Waals surface area contributed by atoms with Gasteiger partial charge in [0.15, 0.2) is 6.23 Å². The van der Waals surface area contributed by atoms with Crippen LogP contribution in [0.25, 0.3) is 0 Å². The van der Waals surface area contributed by atoms with Crippen LogP contribution in [0.5, 0.6) is 0 Å². The van der Waals surface area contributed by atoms with E-state index in [4.69, 9.17) is 4.74 Å². The van der Waals surface area contributed by atoms with Crippen molar-refractivity contribution < 1.29 is 24.2 Å². The zero-order chi connectivity index (χ0) is 19.6. The fourth-order valence-corrected chi connectivity index (χ4v) is 4.60. The van der Waals surface area contributed by atoms with E-state index < -0.39 is 24.3 Å². The smallest absolute Gasteiger partial charge is 0.414 e. The molecule has 7 heteroatoms. The Hall–Kier alpha value is -3.09. The largest absolute Gasteiger partial charge is 0.474 e. The number of amides is 3. The number of hydrogen-bond acceptors (Lipinski definition) is 4. The Morgan fingerprint density at radius 3 is 2.68 bits per heavy atom. The fraction of sp³-hybridized carbons (Fsp3) is 0.381. The van der Waals surface area contributed by atoms with Crippen molar-refractivity contribution in [3.05, 3.63) is 58.9 Å². The number of likely N-dealkylation sites (tertiary alicyclic amines) is 1. The van der Waals surface area contributed by atoms with E-state index in [1.165, 1.54) is 6.26 Å². The van der Waals surface area contributed by atoms with Crippen molar-refractivity contribution in [2.45, 2.75) is 44.5 Å². The number of benzene rings is 1. The van der Waals surface area contributed by atoms with Crippen molar-refractivity contribution in [3.63, 3.8) is 0 Å². The van der Waals surface area contributed by atoms with Gasteiger partial charge in [-0.05, 0) is 43.4 Å². The molecule has 1 N–H and O–H groups in total. The number of carbonyl (C=O) groups excluding carboxylic acids is 2. The molecule has 144 valence electrons. The summed E-state index contributed by atoms with van der Waals surface area (Å²) < 4.78 is 5.87. The molecular formula is C21H20N2O5. The van der Waals surface area contributed by atoms with E-state index in [9.17, 15) is 19.5 Å². The van der Waals surface area contributed by atoms with Crippen LogP contribution in [-0.2, 0) is 20.7 Å². The number of carboxylic acid groups (broad SMARTS) is 1. The number of ether oxygens (including phenoxy) is 1. The number of carbonyl (C=O) groups is 3. The Kier molecular flexibility index (Phi) is 3.62. The SMILES string of the molecule is CC1=CC(OC=C2C(=O)N(C(=O)O)C3c4ccccc4CC23)N(C2CC2)C1=O. The van der Waals surface area contributed by atoms with Crippen LogP contribution in [-0.4, -0.2) is 45.1 Å². The van der Waals surface area contributed by atoms with Crippen LogP contribution in [0, 0.1) is 5.92 Å². The maximum absolute atomic E-state index is 12.8. The minimum atomic E-state index is -1.26. The van der Waals surface area contributed by atoms with Gasteiger partial charge in [-0.2, -0.15) is 0 Å². The average molecular weight is 380 g/mol. The molecule has 4 aliphatic rings. The molecular weight excluding hydrogens is 360 g/mol. The standard InChI is InChI=1S/C21H20N2O5/c1-11-8-17(22(19(11)24)13-6-7-13)28-10-16-15-9-12-4-2-3-5-14(12)18(15)23(20(16)25)21(26)27/h2-5,8,10,13,15,17-18H,6-7,9H2,1H3,(H,26,27). The van der Waals surface area contributed by atoms with E-state index >= 15 is 0 Å². The summed E-state index contributed by atoms with van der Waals surface area (Å²) in [6.07, 6.45) is 3.85. The molecule has 0 aromatic heterocycles. The van der Waals surface area contributed by atoms with Crippen LogP contribution in [0.1, 0.15) is 36.9 Å². The summed E-state index contributed by atoms with van der Waals surface area (Å²) in [6.45, 7) is 1.75. The second kappa shape index (κ2) is 5.95. The van der Waals surface area contributed by atoms with Crippen molar-refractivity contribution in [1.82, 2.24) is 9.80 Å². The Morgan fingerprint density at radius 1 is 1.21 bits per heavy atom. The van der Waals surface area contributed by atoms with Crippen molar-refractivity contribution >= 4 is 17.9 Å². The Balaban J connectivity index is 1.46. The van der Waals surface area contributed by atoms with E-state index in [0.717, 1.165) is 28.9 Å². The summed E-state index contributed by atoms with van der Waals surface area (Å²) in [5.74, 6) is -0.848. The molecule has 1 saturated heterocycles. The van der Waals surface area contributed by atoms with Crippen LogP contribution in [0.4, 0.5) is 4.79 Å². The lowest BCUT2D eigenvalue weighted by atomic mass is 9.97. The summed E-state index contributed by atoms with van der Waals surface area (Å²) in [6, 6.07) is 7.28. The lowest BCUT2D eigenvalue weighted by Crippen LogP contribution is -2.37. The van der Waals surface area contributed by atoms with Gasteiger partial charge in [-0.15, -0.1) is 0 Å². The molecule has 3 unspecified atom stereocenters. The highest BCUT2D eigenvalue weighted by molar-refractivity contribution is 6.05. The van der Waals surface area contributed by atoms with E-state index in [-0.39, 0.29) is 17.9 Å². The molecule has 2 heterocycles. The quantitative estimate of drug-likeness (QED) is 0.643. The van der Waals surface area contributed by atoms with Crippen LogP contribution in [0.3, 0.4) is 0 Å². The molecule has 2 aliphatic carbocycles. The van der Waals surface area contributed by atoms with Gasteiger partial charge in [0, 0.05) is 17.5 Å². The van der Waals surface area contributed by atoms with Crippen LogP contribution < -0.4 is 0 Å². The second-order valence-corrected chi connectivity index (χ2v) is 7.81.